The molecule has 0 saturated heterocycles. The highest BCUT2D eigenvalue weighted by Crippen LogP contribution is 2.31. The van der Waals surface area contributed by atoms with Crippen LogP contribution in [-0.2, 0) is 6.42 Å². The normalized spacial score (nSPS) is 11.7. The standard InChI is InChI=1S/C23H21BrN2O3/c1-2-16-8-11-19(12-9-16)25-21(15-23(27)17-6-4-3-5-7-17)18-10-13-20(24)22(14-18)26(28)29/h3-14,21,25H,2,15H2,1H3. The van der Waals surface area contributed by atoms with Crippen LogP contribution in [0.3, 0.4) is 0 Å². The number of hydrogen-bond acceptors (Lipinski definition) is 4. The van der Waals surface area contributed by atoms with E-state index in [1.54, 1.807) is 24.3 Å². The van der Waals surface area contributed by atoms with Gasteiger partial charge in [0.25, 0.3) is 5.69 Å². The maximum Gasteiger partial charge on any atom is 0.283 e. The van der Waals surface area contributed by atoms with E-state index in [0.717, 1.165) is 12.1 Å². The first kappa shape index (κ1) is 20.7. The van der Waals surface area contributed by atoms with Gasteiger partial charge in [0.2, 0.25) is 0 Å². The second-order valence-corrected chi connectivity index (χ2v) is 7.56. The highest BCUT2D eigenvalue weighted by molar-refractivity contribution is 9.10. The Morgan fingerprint density at radius 1 is 1.07 bits per heavy atom. The topological polar surface area (TPSA) is 72.2 Å². The second-order valence-electron chi connectivity index (χ2n) is 6.71. The Labute approximate surface area is 178 Å². The van der Waals surface area contributed by atoms with Crippen molar-refractivity contribution >= 4 is 33.1 Å². The Morgan fingerprint density at radius 3 is 2.38 bits per heavy atom. The van der Waals surface area contributed by atoms with Crippen molar-refractivity contribution in [1.82, 2.24) is 0 Å². The number of nitrogens with one attached hydrogen (secondary N) is 1. The minimum Gasteiger partial charge on any atom is -0.378 e. The smallest absolute Gasteiger partial charge is 0.283 e. The van der Waals surface area contributed by atoms with Crippen LogP contribution in [-0.4, -0.2) is 10.7 Å². The molecule has 1 N–H and O–H groups in total. The molecule has 1 unspecified atom stereocenters. The van der Waals surface area contributed by atoms with Crippen LogP contribution in [0.1, 0.15) is 40.9 Å². The fourth-order valence-electron chi connectivity index (χ4n) is 3.10. The molecule has 0 saturated carbocycles. The third-order valence-electron chi connectivity index (χ3n) is 4.76. The van der Waals surface area contributed by atoms with Crippen molar-refractivity contribution in [2.24, 2.45) is 0 Å². The van der Waals surface area contributed by atoms with Gasteiger partial charge in [-0.3, -0.25) is 14.9 Å². The van der Waals surface area contributed by atoms with Crippen LogP contribution in [0.2, 0.25) is 0 Å². The third kappa shape index (κ3) is 5.29. The molecule has 0 aromatic heterocycles. The summed E-state index contributed by atoms with van der Waals surface area (Å²) < 4.78 is 0.409. The summed E-state index contributed by atoms with van der Waals surface area (Å²) in [5, 5.41) is 14.7. The van der Waals surface area contributed by atoms with E-state index < -0.39 is 11.0 Å². The summed E-state index contributed by atoms with van der Waals surface area (Å²) in [6.45, 7) is 2.09. The highest BCUT2D eigenvalue weighted by Gasteiger charge is 2.21. The van der Waals surface area contributed by atoms with Gasteiger partial charge in [0, 0.05) is 23.7 Å². The molecule has 0 amide bonds. The van der Waals surface area contributed by atoms with Crippen molar-refractivity contribution in [1.29, 1.82) is 0 Å². The molecule has 0 aliphatic carbocycles. The van der Waals surface area contributed by atoms with Gasteiger partial charge in [-0.25, -0.2) is 0 Å². The SMILES string of the molecule is CCc1ccc(NC(CC(=O)c2ccccc2)c2ccc(Br)c([N+](=O)[O-])c2)cc1. The molecule has 6 heteroatoms. The number of hydrogen-bond donors (Lipinski definition) is 1. The van der Waals surface area contributed by atoms with E-state index in [1.807, 2.05) is 42.5 Å². The van der Waals surface area contributed by atoms with Crippen LogP contribution >= 0.6 is 15.9 Å². The van der Waals surface area contributed by atoms with E-state index in [1.165, 1.54) is 11.6 Å². The number of carbonyl (C=O) groups excluding carboxylic acids is 1. The molecule has 3 rings (SSSR count). The van der Waals surface area contributed by atoms with E-state index in [4.69, 9.17) is 0 Å². The molecule has 148 valence electrons. The number of ketones is 1. The molecule has 0 radical (unpaired) electrons. The Bertz CT molecular complexity index is 1000. The molecule has 3 aromatic carbocycles. The molecule has 0 aliphatic rings. The molecule has 0 heterocycles. The number of benzene rings is 3. The Kier molecular flexibility index (Phi) is 6.77. The number of rotatable bonds is 8. The molecular formula is C23H21BrN2O3. The van der Waals surface area contributed by atoms with Gasteiger partial charge in [-0.05, 0) is 51.7 Å². The van der Waals surface area contributed by atoms with Crippen LogP contribution in [0.15, 0.2) is 77.3 Å². The maximum absolute atomic E-state index is 12.8. The fourth-order valence-corrected chi connectivity index (χ4v) is 3.50. The lowest BCUT2D eigenvalue weighted by molar-refractivity contribution is -0.385. The minimum absolute atomic E-state index is 0.0252. The van der Waals surface area contributed by atoms with Crippen molar-refractivity contribution < 1.29 is 9.72 Å². The summed E-state index contributed by atoms with van der Waals surface area (Å²) in [6.07, 6.45) is 1.12. The lowest BCUT2D eigenvalue weighted by atomic mass is 9.97. The molecule has 1 atom stereocenters. The fraction of sp³-hybridized carbons (Fsp3) is 0.174. The molecule has 0 aliphatic heterocycles. The first-order chi connectivity index (χ1) is 14.0. The van der Waals surface area contributed by atoms with Crippen molar-refractivity contribution in [3.05, 3.63) is 104 Å². The van der Waals surface area contributed by atoms with Crippen LogP contribution in [0, 0.1) is 10.1 Å². The van der Waals surface area contributed by atoms with Gasteiger partial charge in [-0.2, -0.15) is 0 Å². The predicted octanol–water partition coefficient (Wildman–Crippen LogP) is 6.35. The number of halogens is 1. The zero-order chi connectivity index (χ0) is 20.8. The van der Waals surface area contributed by atoms with E-state index in [2.05, 4.69) is 28.2 Å². The highest BCUT2D eigenvalue weighted by atomic mass is 79.9. The van der Waals surface area contributed by atoms with Crippen molar-refractivity contribution in [3.63, 3.8) is 0 Å². The maximum atomic E-state index is 12.8. The van der Waals surface area contributed by atoms with Gasteiger partial charge in [-0.1, -0.05) is 55.5 Å². The van der Waals surface area contributed by atoms with Crippen LogP contribution < -0.4 is 5.32 Å². The number of aryl methyl sites for hydroxylation is 1. The quantitative estimate of drug-likeness (QED) is 0.245. The monoisotopic (exact) mass is 452 g/mol. The zero-order valence-corrected chi connectivity index (χ0v) is 17.6. The number of Topliss-reactive ketones (excluding diaryl/α,β-unsaturated/α-hetero) is 1. The molecule has 29 heavy (non-hydrogen) atoms. The number of nitro groups is 1. The third-order valence-corrected chi connectivity index (χ3v) is 5.43. The summed E-state index contributed by atoms with van der Waals surface area (Å²) >= 11 is 3.22. The van der Waals surface area contributed by atoms with Gasteiger partial charge >= 0.3 is 0 Å². The molecule has 0 fully saturated rings. The largest absolute Gasteiger partial charge is 0.378 e. The summed E-state index contributed by atoms with van der Waals surface area (Å²) in [5.41, 5.74) is 3.35. The number of anilines is 1. The molecule has 0 bridgehead atoms. The lowest BCUT2D eigenvalue weighted by Gasteiger charge is -2.20. The molecule has 5 nitrogen and oxygen atoms in total. The Morgan fingerprint density at radius 2 is 1.76 bits per heavy atom. The number of carbonyl (C=O) groups is 1. The van der Waals surface area contributed by atoms with Crippen LogP contribution in [0.5, 0.6) is 0 Å². The van der Waals surface area contributed by atoms with Crippen molar-refractivity contribution in [3.8, 4) is 0 Å². The van der Waals surface area contributed by atoms with E-state index in [-0.39, 0.29) is 17.9 Å². The minimum atomic E-state index is -0.431. The predicted molar refractivity (Wildman–Crippen MR) is 118 cm³/mol. The van der Waals surface area contributed by atoms with Gasteiger partial charge in [0.15, 0.2) is 5.78 Å². The van der Waals surface area contributed by atoms with E-state index in [9.17, 15) is 14.9 Å². The number of nitrogens with zero attached hydrogens (tertiary/aromatic N) is 1. The second kappa shape index (κ2) is 9.47. The van der Waals surface area contributed by atoms with Gasteiger partial charge in [0.1, 0.15) is 0 Å². The van der Waals surface area contributed by atoms with E-state index >= 15 is 0 Å². The molecule has 3 aromatic rings. The van der Waals surface area contributed by atoms with Gasteiger partial charge < -0.3 is 5.32 Å². The first-order valence-electron chi connectivity index (χ1n) is 9.35. The number of nitro benzene ring substituents is 1. The zero-order valence-electron chi connectivity index (χ0n) is 16.0. The van der Waals surface area contributed by atoms with Gasteiger partial charge in [0.05, 0.1) is 15.4 Å². The average molecular weight is 453 g/mol. The van der Waals surface area contributed by atoms with Gasteiger partial charge in [-0.15, -0.1) is 0 Å². The molecular weight excluding hydrogens is 432 g/mol. The molecule has 0 spiro atoms. The Balaban J connectivity index is 1.93. The summed E-state index contributed by atoms with van der Waals surface area (Å²) in [5.74, 6) is -0.0288. The van der Waals surface area contributed by atoms with E-state index in [0.29, 0.717) is 15.6 Å². The van der Waals surface area contributed by atoms with Crippen LogP contribution in [0.25, 0.3) is 0 Å². The summed E-state index contributed by atoms with van der Waals surface area (Å²) in [6, 6.07) is 21.6. The first-order valence-corrected chi connectivity index (χ1v) is 10.1. The van der Waals surface area contributed by atoms with Crippen molar-refractivity contribution in [2.45, 2.75) is 25.8 Å². The Hall–Kier alpha value is -2.99. The van der Waals surface area contributed by atoms with Crippen LogP contribution in [0.4, 0.5) is 11.4 Å². The average Bonchev–Trinajstić information content (AvgIpc) is 2.74. The summed E-state index contributed by atoms with van der Waals surface area (Å²) in [7, 11) is 0. The lowest BCUT2D eigenvalue weighted by Crippen LogP contribution is -2.16. The van der Waals surface area contributed by atoms with Crippen molar-refractivity contribution in [2.75, 3.05) is 5.32 Å². The summed E-state index contributed by atoms with van der Waals surface area (Å²) in [4.78, 5) is 23.7.